The number of rotatable bonds is 5. The van der Waals surface area contributed by atoms with Crippen LogP contribution in [0.3, 0.4) is 0 Å². The van der Waals surface area contributed by atoms with Crippen LogP contribution in [0, 0.1) is 10.1 Å². The van der Waals surface area contributed by atoms with Gasteiger partial charge in [0.1, 0.15) is 12.4 Å². The van der Waals surface area contributed by atoms with Crippen LogP contribution in [-0.4, -0.2) is 4.92 Å². The van der Waals surface area contributed by atoms with E-state index in [1.807, 2.05) is 12.1 Å². The van der Waals surface area contributed by atoms with E-state index in [-0.39, 0.29) is 5.69 Å². The Hall–Kier alpha value is -0.920. The summed E-state index contributed by atoms with van der Waals surface area (Å²) in [5.41, 5.74) is 0.838. The van der Waals surface area contributed by atoms with Crippen molar-refractivity contribution in [3.05, 3.63) is 54.7 Å². The Morgan fingerprint density at radius 1 is 1.32 bits per heavy atom. The standard InChI is InChI=1S/C12H9Br2NO3S/c13-6-8-5-9(15(16)17)1-3-11(8)18-7-10-2-4-12(14)19-10/h1-5H,6-7H2. The van der Waals surface area contributed by atoms with Gasteiger partial charge in [-0.3, -0.25) is 10.1 Å². The maximum absolute atomic E-state index is 10.7. The molecule has 0 aliphatic carbocycles. The highest BCUT2D eigenvalue weighted by Gasteiger charge is 2.11. The van der Waals surface area contributed by atoms with E-state index in [0.29, 0.717) is 17.7 Å². The van der Waals surface area contributed by atoms with Gasteiger partial charge in [0.2, 0.25) is 0 Å². The maximum Gasteiger partial charge on any atom is 0.270 e. The summed E-state index contributed by atoms with van der Waals surface area (Å²) in [6.07, 6.45) is 0. The second-order valence-electron chi connectivity index (χ2n) is 3.68. The van der Waals surface area contributed by atoms with Crippen LogP contribution in [-0.2, 0) is 11.9 Å². The van der Waals surface area contributed by atoms with Crippen LogP contribution in [0.25, 0.3) is 0 Å². The molecule has 1 aromatic carbocycles. The molecule has 7 heteroatoms. The van der Waals surface area contributed by atoms with Gasteiger partial charge in [-0.1, -0.05) is 15.9 Å². The number of nitro groups is 1. The average Bonchev–Trinajstić information content (AvgIpc) is 2.81. The molecule has 0 fully saturated rings. The predicted octanol–water partition coefficient (Wildman–Crippen LogP) is 4.89. The molecule has 0 radical (unpaired) electrons. The van der Waals surface area contributed by atoms with Crippen LogP contribution < -0.4 is 4.74 Å². The summed E-state index contributed by atoms with van der Waals surface area (Å²) in [6.45, 7) is 0.452. The minimum atomic E-state index is -0.410. The highest BCUT2D eigenvalue weighted by Crippen LogP contribution is 2.28. The first-order valence-corrected chi connectivity index (χ1v) is 8.03. The number of hydrogen-bond acceptors (Lipinski definition) is 4. The third-order valence-corrected chi connectivity index (χ3v) is 4.60. The van der Waals surface area contributed by atoms with E-state index in [0.717, 1.165) is 14.2 Å². The van der Waals surface area contributed by atoms with E-state index >= 15 is 0 Å². The molecule has 1 heterocycles. The molecule has 2 rings (SSSR count). The van der Waals surface area contributed by atoms with Gasteiger partial charge in [-0.05, 0) is 34.1 Å². The predicted molar refractivity (Wildman–Crippen MR) is 82.1 cm³/mol. The van der Waals surface area contributed by atoms with Gasteiger partial charge in [0.25, 0.3) is 5.69 Å². The lowest BCUT2D eigenvalue weighted by atomic mass is 10.2. The normalized spacial score (nSPS) is 10.4. The first-order chi connectivity index (χ1) is 9.10. The van der Waals surface area contributed by atoms with Gasteiger partial charge in [-0.2, -0.15) is 0 Å². The molecule has 0 saturated heterocycles. The summed E-state index contributed by atoms with van der Waals surface area (Å²) in [7, 11) is 0. The SMILES string of the molecule is O=[N+]([O-])c1ccc(OCc2ccc(Br)s2)c(CBr)c1. The number of halogens is 2. The molecule has 19 heavy (non-hydrogen) atoms. The van der Waals surface area contributed by atoms with Crippen LogP contribution >= 0.6 is 43.2 Å². The summed E-state index contributed by atoms with van der Waals surface area (Å²) in [6, 6.07) is 8.55. The lowest BCUT2D eigenvalue weighted by molar-refractivity contribution is -0.384. The number of nitrogens with zero attached hydrogens (tertiary/aromatic N) is 1. The zero-order valence-corrected chi connectivity index (χ0v) is 13.6. The molecule has 0 spiro atoms. The minimum absolute atomic E-state index is 0.0701. The third kappa shape index (κ3) is 3.77. The van der Waals surface area contributed by atoms with Crippen molar-refractivity contribution in [2.24, 2.45) is 0 Å². The Morgan fingerprint density at radius 2 is 2.11 bits per heavy atom. The average molecular weight is 407 g/mol. The summed E-state index contributed by atoms with van der Waals surface area (Å²) >= 11 is 8.31. The maximum atomic E-state index is 10.7. The zero-order valence-electron chi connectivity index (χ0n) is 9.64. The second kappa shape index (κ2) is 6.49. The third-order valence-electron chi connectivity index (χ3n) is 2.40. The molecule has 2 aromatic rings. The zero-order chi connectivity index (χ0) is 13.8. The van der Waals surface area contributed by atoms with Crippen molar-refractivity contribution in [3.63, 3.8) is 0 Å². The molecule has 100 valence electrons. The van der Waals surface area contributed by atoms with Crippen molar-refractivity contribution < 1.29 is 9.66 Å². The largest absolute Gasteiger partial charge is 0.488 e. The van der Waals surface area contributed by atoms with Gasteiger partial charge in [-0.15, -0.1) is 11.3 Å². The van der Waals surface area contributed by atoms with E-state index < -0.39 is 4.92 Å². The number of non-ortho nitro benzene ring substituents is 1. The molecule has 0 saturated carbocycles. The highest BCUT2D eigenvalue weighted by atomic mass is 79.9. The fourth-order valence-electron chi connectivity index (χ4n) is 1.50. The fourth-order valence-corrected chi connectivity index (χ4v) is 3.34. The molecule has 4 nitrogen and oxygen atoms in total. The van der Waals surface area contributed by atoms with Gasteiger partial charge < -0.3 is 4.74 Å². The Labute approximate surface area is 130 Å². The van der Waals surface area contributed by atoms with Crippen molar-refractivity contribution in [2.75, 3.05) is 0 Å². The van der Waals surface area contributed by atoms with Crippen molar-refractivity contribution in [1.29, 1.82) is 0 Å². The molecule has 0 aliphatic rings. The topological polar surface area (TPSA) is 52.4 Å². The smallest absolute Gasteiger partial charge is 0.270 e. The van der Waals surface area contributed by atoms with E-state index in [2.05, 4.69) is 31.9 Å². The molecule has 0 atom stereocenters. The summed E-state index contributed by atoms with van der Waals surface area (Å²) in [5.74, 6) is 0.659. The van der Waals surface area contributed by atoms with Crippen molar-refractivity contribution in [3.8, 4) is 5.75 Å². The van der Waals surface area contributed by atoms with E-state index in [9.17, 15) is 10.1 Å². The molecular formula is C12H9Br2NO3S. The van der Waals surface area contributed by atoms with Crippen LogP contribution in [0.1, 0.15) is 10.4 Å². The van der Waals surface area contributed by atoms with Crippen molar-refractivity contribution >= 4 is 48.9 Å². The Balaban J connectivity index is 2.13. The minimum Gasteiger partial charge on any atom is -0.488 e. The van der Waals surface area contributed by atoms with Gasteiger partial charge in [0.15, 0.2) is 0 Å². The molecule has 0 N–H and O–H groups in total. The molecule has 0 bridgehead atoms. The van der Waals surface area contributed by atoms with Gasteiger partial charge in [-0.25, -0.2) is 0 Å². The summed E-state index contributed by atoms with van der Waals surface area (Å²) in [5, 5.41) is 11.2. The Bertz CT molecular complexity index is 600. The summed E-state index contributed by atoms with van der Waals surface area (Å²) in [4.78, 5) is 11.4. The second-order valence-corrected chi connectivity index (χ2v) is 6.79. The van der Waals surface area contributed by atoms with Crippen LogP contribution in [0.2, 0.25) is 0 Å². The monoisotopic (exact) mass is 405 g/mol. The van der Waals surface area contributed by atoms with Crippen LogP contribution in [0.5, 0.6) is 5.75 Å². The molecule has 0 aliphatic heterocycles. The quantitative estimate of drug-likeness (QED) is 0.403. The van der Waals surface area contributed by atoms with Gasteiger partial charge in [0.05, 0.1) is 8.71 Å². The highest BCUT2D eigenvalue weighted by molar-refractivity contribution is 9.11. The van der Waals surface area contributed by atoms with Crippen LogP contribution in [0.4, 0.5) is 5.69 Å². The Kier molecular flexibility index (Phi) is 4.95. The number of ether oxygens (including phenoxy) is 1. The molecule has 0 unspecified atom stereocenters. The van der Waals surface area contributed by atoms with Crippen molar-refractivity contribution in [2.45, 2.75) is 11.9 Å². The van der Waals surface area contributed by atoms with Gasteiger partial charge >= 0.3 is 0 Å². The van der Waals surface area contributed by atoms with Crippen LogP contribution in [0.15, 0.2) is 34.1 Å². The number of benzene rings is 1. The molecular weight excluding hydrogens is 398 g/mol. The number of hydrogen-bond donors (Lipinski definition) is 0. The van der Waals surface area contributed by atoms with Crippen molar-refractivity contribution in [1.82, 2.24) is 0 Å². The summed E-state index contributed by atoms with van der Waals surface area (Å²) < 4.78 is 6.75. The first kappa shape index (κ1) is 14.5. The van der Waals surface area contributed by atoms with E-state index in [1.165, 1.54) is 12.1 Å². The van der Waals surface area contributed by atoms with E-state index in [1.54, 1.807) is 17.4 Å². The number of nitro benzene ring substituents is 1. The Morgan fingerprint density at radius 3 is 2.68 bits per heavy atom. The number of alkyl halides is 1. The lowest BCUT2D eigenvalue weighted by Crippen LogP contribution is -1.97. The first-order valence-electron chi connectivity index (χ1n) is 5.30. The molecule has 1 aromatic heterocycles. The van der Waals surface area contributed by atoms with Gasteiger partial charge in [0, 0.05) is 27.9 Å². The number of thiophene rings is 1. The fraction of sp³-hybridized carbons (Fsp3) is 0.167. The molecule has 0 amide bonds. The van der Waals surface area contributed by atoms with E-state index in [4.69, 9.17) is 4.74 Å². The lowest BCUT2D eigenvalue weighted by Gasteiger charge is -2.08.